The predicted octanol–water partition coefficient (Wildman–Crippen LogP) is 1.40. The van der Waals surface area contributed by atoms with Crippen molar-refractivity contribution in [3.8, 4) is 0 Å². The van der Waals surface area contributed by atoms with Crippen molar-refractivity contribution in [3.05, 3.63) is 51.2 Å². The zero-order chi connectivity index (χ0) is 26.4. The van der Waals surface area contributed by atoms with Crippen molar-refractivity contribution in [2.45, 2.75) is 32.7 Å². The van der Waals surface area contributed by atoms with E-state index in [-0.39, 0.29) is 12.4 Å². The molecule has 1 fully saturated rings. The van der Waals surface area contributed by atoms with E-state index in [0.29, 0.717) is 43.2 Å². The fourth-order valence-corrected chi connectivity index (χ4v) is 4.79. The van der Waals surface area contributed by atoms with Gasteiger partial charge in [-0.1, -0.05) is 18.2 Å². The summed E-state index contributed by atoms with van der Waals surface area (Å²) in [7, 11) is 3.07. The Kier molecular flexibility index (Phi) is 8.65. The number of rotatable bonds is 11. The summed E-state index contributed by atoms with van der Waals surface area (Å²) in [6.45, 7) is 8.19. The van der Waals surface area contributed by atoms with Crippen molar-refractivity contribution in [2.24, 2.45) is 14.1 Å². The molecule has 2 aromatic heterocycles. The maximum atomic E-state index is 13.0. The van der Waals surface area contributed by atoms with Crippen LogP contribution in [0.3, 0.4) is 0 Å². The van der Waals surface area contributed by atoms with E-state index in [2.05, 4.69) is 44.4 Å². The number of piperazine rings is 1. The third-order valence-electron chi connectivity index (χ3n) is 6.84. The average molecular weight is 512 g/mol. The first-order chi connectivity index (χ1) is 17.9. The van der Waals surface area contributed by atoms with Crippen LogP contribution in [0.1, 0.15) is 26.2 Å². The van der Waals surface area contributed by atoms with Crippen molar-refractivity contribution < 1.29 is 9.53 Å². The number of anilines is 2. The van der Waals surface area contributed by atoms with Gasteiger partial charge in [0, 0.05) is 65.5 Å². The first-order valence-electron chi connectivity index (χ1n) is 13.0. The second-order valence-electron chi connectivity index (χ2n) is 9.32. The molecule has 1 aliphatic heterocycles. The number of aromatic nitrogens is 4. The minimum absolute atomic E-state index is 0.244. The molecular weight excluding hydrogens is 474 g/mol. The number of carbonyl (C=O) groups is 1. The lowest BCUT2D eigenvalue weighted by atomic mass is 10.2. The van der Waals surface area contributed by atoms with Crippen LogP contribution in [0.25, 0.3) is 11.2 Å². The van der Waals surface area contributed by atoms with Crippen LogP contribution in [0.5, 0.6) is 0 Å². The van der Waals surface area contributed by atoms with Gasteiger partial charge in [-0.05, 0) is 38.4 Å². The highest BCUT2D eigenvalue weighted by Crippen LogP contribution is 2.18. The molecule has 1 aromatic carbocycles. The Morgan fingerprint density at radius 1 is 1.00 bits per heavy atom. The number of esters is 1. The molecule has 1 N–H and O–H groups in total. The molecule has 0 spiro atoms. The van der Waals surface area contributed by atoms with Gasteiger partial charge < -0.3 is 19.5 Å². The Hall–Kier alpha value is -3.60. The first kappa shape index (κ1) is 26.5. The quantitative estimate of drug-likeness (QED) is 0.304. The average Bonchev–Trinajstić information content (AvgIpc) is 3.28. The molecule has 200 valence electrons. The highest BCUT2D eigenvalue weighted by Gasteiger charge is 2.20. The van der Waals surface area contributed by atoms with Crippen LogP contribution in [0.15, 0.2) is 39.9 Å². The minimum atomic E-state index is -0.421. The summed E-state index contributed by atoms with van der Waals surface area (Å²) in [5.41, 5.74) is 1.14. The Balaban J connectivity index is 1.39. The summed E-state index contributed by atoms with van der Waals surface area (Å²) >= 11 is 0. The highest BCUT2D eigenvalue weighted by molar-refractivity contribution is 5.74. The van der Waals surface area contributed by atoms with Gasteiger partial charge in [-0.3, -0.25) is 23.6 Å². The van der Waals surface area contributed by atoms with Crippen molar-refractivity contribution >= 4 is 28.8 Å². The monoisotopic (exact) mass is 511 g/mol. The summed E-state index contributed by atoms with van der Waals surface area (Å²) in [6.07, 6.45) is 1.65. The van der Waals surface area contributed by atoms with E-state index in [0.717, 1.165) is 43.7 Å². The molecule has 11 heteroatoms. The van der Waals surface area contributed by atoms with Gasteiger partial charge in [0.1, 0.15) is 0 Å². The number of nitrogens with one attached hydrogen (secondary N) is 1. The summed E-state index contributed by atoms with van der Waals surface area (Å²) in [5.74, 6) is 0.264. The standard InChI is InChI=1S/C26H37N7O4/c1-4-37-21(34)12-8-15-33-22-23(29(2)26(36)30(3)24(22)35)28-25(33)27-13-9-14-31-16-18-32(19-17-31)20-10-6-5-7-11-20/h5-7,10-11H,4,8-9,12-19H2,1-3H3,(H,27,28). The Bertz CT molecular complexity index is 1320. The van der Waals surface area contributed by atoms with Crippen LogP contribution in [0, 0.1) is 0 Å². The number of hydrogen-bond donors (Lipinski definition) is 1. The molecule has 4 rings (SSSR count). The van der Waals surface area contributed by atoms with Crippen LogP contribution in [0.4, 0.5) is 11.6 Å². The number of ether oxygens (including phenoxy) is 1. The molecule has 11 nitrogen and oxygen atoms in total. The lowest BCUT2D eigenvalue weighted by Gasteiger charge is -2.36. The lowest BCUT2D eigenvalue weighted by molar-refractivity contribution is -0.143. The number of para-hydroxylation sites is 1. The molecule has 0 bridgehead atoms. The summed E-state index contributed by atoms with van der Waals surface area (Å²) < 4.78 is 9.29. The molecule has 0 amide bonds. The van der Waals surface area contributed by atoms with Gasteiger partial charge >= 0.3 is 11.7 Å². The van der Waals surface area contributed by atoms with Crippen molar-refractivity contribution in [1.82, 2.24) is 23.6 Å². The number of nitrogens with zero attached hydrogens (tertiary/aromatic N) is 6. The second kappa shape index (κ2) is 12.1. The smallest absolute Gasteiger partial charge is 0.332 e. The molecule has 3 heterocycles. The number of imidazole rings is 1. The van der Waals surface area contributed by atoms with E-state index in [4.69, 9.17) is 4.74 Å². The van der Waals surface area contributed by atoms with Crippen LogP contribution < -0.4 is 21.5 Å². The summed E-state index contributed by atoms with van der Waals surface area (Å²) in [4.78, 5) is 46.7. The summed E-state index contributed by atoms with van der Waals surface area (Å²) in [6, 6.07) is 10.5. The Morgan fingerprint density at radius 3 is 2.43 bits per heavy atom. The van der Waals surface area contributed by atoms with Gasteiger partial charge in [-0.15, -0.1) is 0 Å². The van der Waals surface area contributed by atoms with E-state index >= 15 is 0 Å². The zero-order valence-electron chi connectivity index (χ0n) is 22.0. The Morgan fingerprint density at radius 2 is 1.73 bits per heavy atom. The molecule has 0 saturated carbocycles. The minimum Gasteiger partial charge on any atom is -0.466 e. The van der Waals surface area contributed by atoms with Gasteiger partial charge in [0.15, 0.2) is 11.2 Å². The normalized spacial score (nSPS) is 14.3. The third kappa shape index (κ3) is 6.04. The predicted molar refractivity (Wildman–Crippen MR) is 144 cm³/mol. The Labute approximate surface area is 216 Å². The van der Waals surface area contributed by atoms with Crippen LogP contribution in [0.2, 0.25) is 0 Å². The molecule has 0 aliphatic carbocycles. The van der Waals surface area contributed by atoms with E-state index in [1.54, 1.807) is 18.5 Å². The van der Waals surface area contributed by atoms with Gasteiger partial charge in [0.2, 0.25) is 5.95 Å². The number of benzene rings is 1. The van der Waals surface area contributed by atoms with Crippen LogP contribution in [-0.2, 0) is 30.2 Å². The number of aryl methyl sites for hydroxylation is 2. The molecule has 1 aliphatic rings. The van der Waals surface area contributed by atoms with E-state index in [9.17, 15) is 14.4 Å². The van der Waals surface area contributed by atoms with Gasteiger partial charge in [-0.2, -0.15) is 4.98 Å². The molecule has 0 atom stereocenters. The number of carbonyl (C=O) groups excluding carboxylic acids is 1. The topological polar surface area (TPSA) is 107 Å². The van der Waals surface area contributed by atoms with Gasteiger partial charge in [0.25, 0.3) is 5.56 Å². The van der Waals surface area contributed by atoms with E-state index < -0.39 is 11.2 Å². The molecule has 0 radical (unpaired) electrons. The number of fused-ring (bicyclic) bond motifs is 1. The molecule has 3 aromatic rings. The molecule has 37 heavy (non-hydrogen) atoms. The fraction of sp³-hybridized carbons (Fsp3) is 0.538. The molecule has 1 saturated heterocycles. The van der Waals surface area contributed by atoms with Crippen molar-refractivity contribution in [1.29, 1.82) is 0 Å². The van der Waals surface area contributed by atoms with Crippen molar-refractivity contribution in [3.63, 3.8) is 0 Å². The van der Waals surface area contributed by atoms with Crippen LogP contribution in [-0.4, -0.2) is 75.4 Å². The molecule has 0 unspecified atom stereocenters. The highest BCUT2D eigenvalue weighted by atomic mass is 16.5. The number of hydrogen-bond acceptors (Lipinski definition) is 8. The van der Waals surface area contributed by atoms with E-state index in [1.165, 1.54) is 17.3 Å². The zero-order valence-corrected chi connectivity index (χ0v) is 22.0. The SMILES string of the molecule is CCOC(=O)CCCn1c(NCCCN2CCN(c3ccccc3)CC2)nc2c1c(=O)n(C)c(=O)n2C. The van der Waals surface area contributed by atoms with Gasteiger partial charge in [0.05, 0.1) is 6.61 Å². The third-order valence-corrected chi connectivity index (χ3v) is 6.84. The maximum absolute atomic E-state index is 13.0. The fourth-order valence-electron chi connectivity index (χ4n) is 4.79. The first-order valence-corrected chi connectivity index (χ1v) is 13.0. The van der Waals surface area contributed by atoms with E-state index in [1.807, 2.05) is 6.07 Å². The van der Waals surface area contributed by atoms with Gasteiger partial charge in [-0.25, -0.2) is 4.79 Å². The largest absolute Gasteiger partial charge is 0.466 e. The molecular formula is C26H37N7O4. The van der Waals surface area contributed by atoms with Crippen LogP contribution >= 0.6 is 0 Å². The van der Waals surface area contributed by atoms with Crippen molar-refractivity contribution in [2.75, 3.05) is 56.1 Å². The maximum Gasteiger partial charge on any atom is 0.332 e. The summed E-state index contributed by atoms with van der Waals surface area (Å²) in [5, 5.41) is 3.37. The lowest BCUT2D eigenvalue weighted by Crippen LogP contribution is -2.46. The second-order valence-corrected chi connectivity index (χ2v) is 9.32.